The molecule has 2 aliphatic rings. The number of hydrogen-bond acceptors (Lipinski definition) is 2. The third kappa shape index (κ3) is 3.91. The van der Waals surface area contributed by atoms with Crippen LogP contribution < -0.4 is 11.1 Å². The van der Waals surface area contributed by atoms with E-state index in [1.165, 1.54) is 18.4 Å². The summed E-state index contributed by atoms with van der Waals surface area (Å²) in [5.74, 6) is 0.602. The highest BCUT2D eigenvalue weighted by Crippen LogP contribution is 2.18. The van der Waals surface area contributed by atoms with E-state index in [2.05, 4.69) is 16.4 Å². The fourth-order valence-electron chi connectivity index (χ4n) is 1.59. The van der Waals surface area contributed by atoms with Gasteiger partial charge in [-0.05, 0) is 25.7 Å². The summed E-state index contributed by atoms with van der Waals surface area (Å²) in [5, 5.41) is 3.18. The van der Waals surface area contributed by atoms with Crippen molar-refractivity contribution in [2.45, 2.75) is 31.7 Å². The second-order valence-electron chi connectivity index (χ2n) is 4.12. The average Bonchev–Trinajstić information content (AvgIpc) is 3.03. The van der Waals surface area contributed by atoms with Gasteiger partial charge >= 0.3 is 0 Å². The maximum atomic E-state index is 5.72. The fraction of sp³-hybridized carbons (Fsp3) is 0.727. The van der Waals surface area contributed by atoms with Gasteiger partial charge in [-0.2, -0.15) is 0 Å². The van der Waals surface area contributed by atoms with Crippen LogP contribution in [-0.4, -0.2) is 31.8 Å². The minimum atomic E-state index is 0.594. The van der Waals surface area contributed by atoms with Crippen molar-refractivity contribution >= 4 is 5.96 Å². The van der Waals surface area contributed by atoms with Crippen molar-refractivity contribution in [3.05, 3.63) is 11.6 Å². The number of nitrogens with two attached hydrogens (primary N) is 1. The molecular weight excluding hydrogens is 190 g/mol. The van der Waals surface area contributed by atoms with Gasteiger partial charge in [0.05, 0.1) is 13.2 Å². The second-order valence-corrected chi connectivity index (χ2v) is 4.12. The first-order chi connectivity index (χ1) is 7.34. The summed E-state index contributed by atoms with van der Waals surface area (Å²) < 4.78 is 5.24. The molecule has 1 heterocycles. The lowest BCUT2D eigenvalue weighted by Gasteiger charge is -2.12. The van der Waals surface area contributed by atoms with E-state index >= 15 is 0 Å². The van der Waals surface area contributed by atoms with Crippen molar-refractivity contribution in [1.29, 1.82) is 0 Å². The molecule has 0 amide bonds. The molecule has 0 unspecified atom stereocenters. The van der Waals surface area contributed by atoms with Crippen LogP contribution in [0.15, 0.2) is 16.6 Å². The molecule has 0 aromatic carbocycles. The van der Waals surface area contributed by atoms with Gasteiger partial charge in [0.2, 0.25) is 0 Å². The molecule has 0 radical (unpaired) electrons. The van der Waals surface area contributed by atoms with Crippen LogP contribution in [-0.2, 0) is 4.74 Å². The van der Waals surface area contributed by atoms with Gasteiger partial charge in [0.1, 0.15) is 0 Å². The zero-order valence-corrected chi connectivity index (χ0v) is 9.04. The van der Waals surface area contributed by atoms with Gasteiger partial charge in [0.25, 0.3) is 0 Å². The number of guanidine groups is 1. The molecule has 1 aliphatic carbocycles. The summed E-state index contributed by atoms with van der Waals surface area (Å²) in [5.41, 5.74) is 7.17. The molecule has 2 rings (SSSR count). The van der Waals surface area contributed by atoms with Gasteiger partial charge in [0.15, 0.2) is 5.96 Å². The van der Waals surface area contributed by atoms with E-state index in [0.717, 1.165) is 32.6 Å². The first kappa shape index (κ1) is 10.5. The van der Waals surface area contributed by atoms with Crippen LogP contribution in [0.25, 0.3) is 0 Å². The van der Waals surface area contributed by atoms with Crippen molar-refractivity contribution in [2.75, 3.05) is 19.8 Å². The van der Waals surface area contributed by atoms with Gasteiger partial charge in [-0.25, -0.2) is 0 Å². The van der Waals surface area contributed by atoms with Crippen LogP contribution in [0.4, 0.5) is 0 Å². The van der Waals surface area contributed by atoms with E-state index in [0.29, 0.717) is 12.0 Å². The molecule has 0 atom stereocenters. The smallest absolute Gasteiger partial charge is 0.188 e. The number of hydrogen-bond donors (Lipinski definition) is 2. The van der Waals surface area contributed by atoms with Crippen LogP contribution in [0.3, 0.4) is 0 Å². The topological polar surface area (TPSA) is 59.6 Å². The summed E-state index contributed by atoms with van der Waals surface area (Å²) in [4.78, 5) is 4.30. The Morgan fingerprint density at radius 2 is 2.47 bits per heavy atom. The third-order valence-electron chi connectivity index (χ3n) is 2.70. The number of ether oxygens (including phenoxy) is 1. The molecule has 3 N–H and O–H groups in total. The standard InChI is InChI=1S/C11H19N3O/c12-11(14-10-1-2-10)13-6-3-9-4-7-15-8-5-9/h4,10H,1-3,5-8H2,(H3,12,13,14). The third-order valence-corrected chi connectivity index (χ3v) is 2.70. The molecule has 1 aliphatic heterocycles. The lowest BCUT2D eigenvalue weighted by molar-refractivity contribution is 0.153. The second kappa shape index (κ2) is 5.16. The lowest BCUT2D eigenvalue weighted by atomic mass is 10.1. The molecule has 0 spiro atoms. The lowest BCUT2D eigenvalue weighted by Crippen LogP contribution is -2.33. The van der Waals surface area contributed by atoms with Crippen molar-refractivity contribution in [2.24, 2.45) is 10.7 Å². The summed E-state index contributed by atoms with van der Waals surface area (Å²) >= 11 is 0. The van der Waals surface area contributed by atoms with Gasteiger partial charge in [0, 0.05) is 12.6 Å². The maximum absolute atomic E-state index is 5.72. The Balaban J connectivity index is 1.65. The van der Waals surface area contributed by atoms with Gasteiger partial charge < -0.3 is 15.8 Å². The molecule has 15 heavy (non-hydrogen) atoms. The van der Waals surface area contributed by atoms with Gasteiger partial charge in [-0.1, -0.05) is 11.6 Å². The molecule has 1 fully saturated rings. The van der Waals surface area contributed by atoms with Crippen molar-refractivity contribution in [1.82, 2.24) is 5.32 Å². The van der Waals surface area contributed by atoms with Crippen molar-refractivity contribution in [3.8, 4) is 0 Å². The van der Waals surface area contributed by atoms with Gasteiger partial charge in [-0.15, -0.1) is 0 Å². The van der Waals surface area contributed by atoms with Crippen LogP contribution >= 0.6 is 0 Å². The number of nitrogens with one attached hydrogen (secondary N) is 1. The molecule has 1 saturated carbocycles. The first-order valence-corrected chi connectivity index (χ1v) is 5.67. The Morgan fingerprint density at radius 3 is 3.13 bits per heavy atom. The van der Waals surface area contributed by atoms with Crippen molar-refractivity contribution < 1.29 is 4.74 Å². The molecule has 0 aromatic rings. The van der Waals surface area contributed by atoms with E-state index in [1.54, 1.807) is 0 Å². The summed E-state index contributed by atoms with van der Waals surface area (Å²) in [6.07, 6.45) is 6.68. The molecule has 4 nitrogen and oxygen atoms in total. The van der Waals surface area contributed by atoms with Gasteiger partial charge in [-0.3, -0.25) is 4.99 Å². The van der Waals surface area contributed by atoms with E-state index in [-0.39, 0.29) is 0 Å². The van der Waals surface area contributed by atoms with E-state index in [9.17, 15) is 0 Å². The van der Waals surface area contributed by atoms with Crippen molar-refractivity contribution in [3.63, 3.8) is 0 Å². The maximum Gasteiger partial charge on any atom is 0.188 e. The fourth-order valence-corrected chi connectivity index (χ4v) is 1.59. The Hall–Kier alpha value is -1.03. The Bertz CT molecular complexity index is 269. The highest BCUT2D eigenvalue weighted by molar-refractivity contribution is 5.78. The first-order valence-electron chi connectivity index (χ1n) is 5.67. The van der Waals surface area contributed by atoms with Crippen LogP contribution in [0.1, 0.15) is 25.7 Å². The van der Waals surface area contributed by atoms with Crippen LogP contribution in [0.2, 0.25) is 0 Å². The van der Waals surface area contributed by atoms with Crippen LogP contribution in [0.5, 0.6) is 0 Å². The van der Waals surface area contributed by atoms with E-state index in [1.807, 2.05) is 0 Å². The SMILES string of the molecule is NC(=NCCC1=CCOCC1)NC1CC1. The predicted molar refractivity (Wildman–Crippen MR) is 60.8 cm³/mol. The average molecular weight is 209 g/mol. The normalized spacial score (nSPS) is 22.4. The monoisotopic (exact) mass is 209 g/mol. The Labute approximate surface area is 90.6 Å². The number of aliphatic imine (C=N–C) groups is 1. The van der Waals surface area contributed by atoms with E-state index < -0.39 is 0 Å². The minimum absolute atomic E-state index is 0.594. The largest absolute Gasteiger partial charge is 0.377 e. The Morgan fingerprint density at radius 1 is 1.60 bits per heavy atom. The zero-order valence-electron chi connectivity index (χ0n) is 9.04. The van der Waals surface area contributed by atoms with Crippen LogP contribution in [0, 0.1) is 0 Å². The highest BCUT2D eigenvalue weighted by atomic mass is 16.5. The molecule has 0 aromatic heterocycles. The zero-order chi connectivity index (χ0) is 10.5. The molecule has 0 bridgehead atoms. The highest BCUT2D eigenvalue weighted by Gasteiger charge is 2.21. The number of rotatable bonds is 4. The minimum Gasteiger partial charge on any atom is -0.377 e. The molecule has 4 heteroatoms. The number of nitrogens with zero attached hydrogens (tertiary/aromatic N) is 1. The Kier molecular flexibility index (Phi) is 3.61. The molecule has 84 valence electrons. The van der Waals surface area contributed by atoms with E-state index in [4.69, 9.17) is 10.5 Å². The molecular formula is C11H19N3O. The summed E-state index contributed by atoms with van der Waals surface area (Å²) in [6.45, 7) is 2.40. The quantitative estimate of drug-likeness (QED) is 0.409. The predicted octanol–water partition coefficient (Wildman–Crippen LogP) is 0.790. The summed E-state index contributed by atoms with van der Waals surface area (Å²) in [7, 11) is 0. The molecule has 0 saturated heterocycles. The summed E-state index contributed by atoms with van der Waals surface area (Å²) in [6, 6.07) is 0.594.